The van der Waals surface area contributed by atoms with Gasteiger partial charge in [0.15, 0.2) is 6.61 Å². The highest BCUT2D eigenvalue weighted by atomic mass is 16.5. The molecule has 0 saturated carbocycles. The second-order valence-corrected chi connectivity index (χ2v) is 4.15. The number of methoxy groups -OCH3 is 2. The van der Waals surface area contributed by atoms with E-state index in [1.807, 2.05) is 0 Å². The largest absolute Gasteiger partial charge is 0.497 e. The lowest BCUT2D eigenvalue weighted by Crippen LogP contribution is -2.30. The fraction of sp³-hybridized carbons (Fsp3) is 0.429. The Morgan fingerprint density at radius 3 is 2.67 bits per heavy atom. The molecule has 0 unspecified atom stereocenters. The van der Waals surface area contributed by atoms with Gasteiger partial charge >= 0.3 is 5.97 Å². The fourth-order valence-electron chi connectivity index (χ4n) is 1.56. The standard InChI is InChI=1S/C14H19NO6/c1-19-7-3-6-15-13(16)9-21-12-8-10(20-2)4-5-11(12)14(17)18/h4-5,8H,3,6-7,9H2,1-2H3,(H,15,16)(H,17,18). The van der Waals surface area contributed by atoms with Gasteiger partial charge in [-0.1, -0.05) is 0 Å². The summed E-state index contributed by atoms with van der Waals surface area (Å²) in [6, 6.07) is 4.32. The predicted octanol–water partition coefficient (Wildman–Crippen LogP) is 0.925. The number of aromatic carboxylic acids is 1. The second kappa shape index (κ2) is 8.80. The van der Waals surface area contributed by atoms with Gasteiger partial charge in [-0.2, -0.15) is 0 Å². The molecular formula is C14H19NO6. The summed E-state index contributed by atoms with van der Waals surface area (Å²) in [6.07, 6.45) is 0.696. The fourth-order valence-corrected chi connectivity index (χ4v) is 1.56. The van der Waals surface area contributed by atoms with E-state index >= 15 is 0 Å². The number of benzene rings is 1. The van der Waals surface area contributed by atoms with Crippen molar-refractivity contribution in [2.75, 3.05) is 34.0 Å². The minimum Gasteiger partial charge on any atom is -0.497 e. The van der Waals surface area contributed by atoms with Gasteiger partial charge in [0, 0.05) is 26.3 Å². The van der Waals surface area contributed by atoms with Crippen molar-refractivity contribution in [2.45, 2.75) is 6.42 Å². The van der Waals surface area contributed by atoms with E-state index in [2.05, 4.69) is 5.32 Å². The first-order valence-electron chi connectivity index (χ1n) is 6.38. The van der Waals surface area contributed by atoms with Crippen LogP contribution in [0.1, 0.15) is 16.8 Å². The lowest BCUT2D eigenvalue weighted by molar-refractivity contribution is -0.123. The molecule has 0 aliphatic heterocycles. The van der Waals surface area contributed by atoms with Crippen LogP contribution in [0.5, 0.6) is 11.5 Å². The Labute approximate surface area is 122 Å². The Kier molecular flexibility index (Phi) is 7.03. The van der Waals surface area contributed by atoms with E-state index in [1.165, 1.54) is 25.3 Å². The van der Waals surface area contributed by atoms with Crippen LogP contribution < -0.4 is 14.8 Å². The van der Waals surface area contributed by atoms with Crippen LogP contribution >= 0.6 is 0 Å². The number of ether oxygens (including phenoxy) is 3. The first-order valence-corrected chi connectivity index (χ1v) is 6.38. The number of rotatable bonds is 9. The van der Waals surface area contributed by atoms with E-state index in [9.17, 15) is 9.59 Å². The normalized spacial score (nSPS) is 10.0. The van der Waals surface area contributed by atoms with Crippen LogP contribution in [0.25, 0.3) is 0 Å². The van der Waals surface area contributed by atoms with E-state index in [-0.39, 0.29) is 23.8 Å². The third kappa shape index (κ3) is 5.70. The maximum absolute atomic E-state index is 11.6. The van der Waals surface area contributed by atoms with Gasteiger partial charge in [0.2, 0.25) is 0 Å². The second-order valence-electron chi connectivity index (χ2n) is 4.15. The van der Waals surface area contributed by atoms with Crippen LogP contribution in [-0.4, -0.2) is 51.0 Å². The van der Waals surface area contributed by atoms with Gasteiger partial charge < -0.3 is 24.6 Å². The number of carbonyl (C=O) groups excluding carboxylic acids is 1. The molecule has 0 atom stereocenters. The van der Waals surface area contributed by atoms with Gasteiger partial charge in [-0.25, -0.2) is 4.79 Å². The molecule has 116 valence electrons. The molecule has 0 bridgehead atoms. The first-order chi connectivity index (χ1) is 10.1. The zero-order valence-corrected chi connectivity index (χ0v) is 12.0. The molecule has 7 heteroatoms. The van der Waals surface area contributed by atoms with Gasteiger partial charge in [0.05, 0.1) is 7.11 Å². The summed E-state index contributed by atoms with van der Waals surface area (Å²) in [5.74, 6) is -0.914. The molecule has 0 aliphatic rings. The SMILES string of the molecule is COCCCNC(=O)COc1cc(OC)ccc1C(=O)O. The van der Waals surface area contributed by atoms with Crippen LogP contribution in [0.3, 0.4) is 0 Å². The van der Waals surface area contributed by atoms with E-state index in [1.54, 1.807) is 7.11 Å². The molecule has 1 aromatic rings. The summed E-state index contributed by atoms with van der Waals surface area (Å²) in [4.78, 5) is 22.6. The van der Waals surface area contributed by atoms with Crippen molar-refractivity contribution in [1.82, 2.24) is 5.32 Å². The van der Waals surface area contributed by atoms with Crippen molar-refractivity contribution < 1.29 is 28.9 Å². The Bertz CT molecular complexity index is 488. The molecule has 0 spiro atoms. The lowest BCUT2D eigenvalue weighted by Gasteiger charge is -2.11. The maximum Gasteiger partial charge on any atom is 0.339 e. The first kappa shape index (κ1) is 16.8. The highest BCUT2D eigenvalue weighted by Crippen LogP contribution is 2.24. The summed E-state index contributed by atoms with van der Waals surface area (Å²) in [5, 5.41) is 11.7. The summed E-state index contributed by atoms with van der Waals surface area (Å²) < 4.78 is 15.1. The summed E-state index contributed by atoms with van der Waals surface area (Å²) in [6.45, 7) is 0.764. The molecule has 0 saturated heterocycles. The van der Waals surface area contributed by atoms with Crippen LogP contribution in [-0.2, 0) is 9.53 Å². The van der Waals surface area contributed by atoms with Crippen molar-refractivity contribution in [3.63, 3.8) is 0 Å². The molecule has 1 rings (SSSR count). The van der Waals surface area contributed by atoms with Crippen molar-refractivity contribution >= 4 is 11.9 Å². The topological polar surface area (TPSA) is 94.1 Å². The molecule has 0 aromatic heterocycles. The molecule has 1 aromatic carbocycles. The Balaban J connectivity index is 2.57. The quantitative estimate of drug-likeness (QED) is 0.658. The van der Waals surface area contributed by atoms with Crippen LogP contribution in [0.4, 0.5) is 0 Å². The minimum atomic E-state index is -1.13. The highest BCUT2D eigenvalue weighted by Gasteiger charge is 2.13. The van der Waals surface area contributed by atoms with Gasteiger partial charge in [0.25, 0.3) is 5.91 Å². The van der Waals surface area contributed by atoms with E-state index in [0.29, 0.717) is 25.3 Å². The average Bonchev–Trinajstić information content (AvgIpc) is 2.49. The average molecular weight is 297 g/mol. The molecule has 1 amide bonds. The summed E-state index contributed by atoms with van der Waals surface area (Å²) >= 11 is 0. The molecular weight excluding hydrogens is 278 g/mol. The number of carboxylic acid groups (broad SMARTS) is 1. The van der Waals surface area contributed by atoms with E-state index < -0.39 is 5.97 Å². The van der Waals surface area contributed by atoms with Crippen LogP contribution in [0.2, 0.25) is 0 Å². The number of carbonyl (C=O) groups is 2. The highest BCUT2D eigenvalue weighted by molar-refractivity contribution is 5.91. The number of amides is 1. The van der Waals surface area contributed by atoms with Crippen molar-refractivity contribution in [3.8, 4) is 11.5 Å². The van der Waals surface area contributed by atoms with Gasteiger partial charge in [-0.15, -0.1) is 0 Å². The molecule has 2 N–H and O–H groups in total. The molecule has 7 nitrogen and oxygen atoms in total. The van der Waals surface area contributed by atoms with Gasteiger partial charge in [-0.05, 0) is 18.6 Å². The third-order valence-corrected chi connectivity index (χ3v) is 2.63. The van der Waals surface area contributed by atoms with Crippen LogP contribution in [0.15, 0.2) is 18.2 Å². The minimum absolute atomic E-state index is 0.0250. The number of carboxylic acids is 1. The molecule has 0 aliphatic carbocycles. The predicted molar refractivity (Wildman–Crippen MR) is 75.0 cm³/mol. The van der Waals surface area contributed by atoms with E-state index in [0.717, 1.165) is 0 Å². The summed E-state index contributed by atoms with van der Waals surface area (Å²) in [7, 11) is 3.04. The Morgan fingerprint density at radius 2 is 2.05 bits per heavy atom. The lowest BCUT2D eigenvalue weighted by atomic mass is 10.2. The molecule has 0 radical (unpaired) electrons. The smallest absolute Gasteiger partial charge is 0.339 e. The van der Waals surface area contributed by atoms with Gasteiger partial charge in [-0.3, -0.25) is 4.79 Å². The monoisotopic (exact) mass is 297 g/mol. The Morgan fingerprint density at radius 1 is 1.29 bits per heavy atom. The molecule has 0 fully saturated rings. The van der Waals surface area contributed by atoms with Crippen LogP contribution in [0, 0.1) is 0 Å². The molecule has 21 heavy (non-hydrogen) atoms. The molecule has 0 heterocycles. The van der Waals surface area contributed by atoms with Crippen molar-refractivity contribution in [1.29, 1.82) is 0 Å². The van der Waals surface area contributed by atoms with E-state index in [4.69, 9.17) is 19.3 Å². The zero-order valence-electron chi connectivity index (χ0n) is 12.0. The number of nitrogens with one attached hydrogen (secondary N) is 1. The zero-order chi connectivity index (χ0) is 15.7. The number of hydrogen-bond acceptors (Lipinski definition) is 5. The van der Waals surface area contributed by atoms with Crippen molar-refractivity contribution in [3.05, 3.63) is 23.8 Å². The number of hydrogen-bond donors (Lipinski definition) is 2. The maximum atomic E-state index is 11.6. The Hall–Kier alpha value is -2.28. The van der Waals surface area contributed by atoms with Crippen molar-refractivity contribution in [2.24, 2.45) is 0 Å². The summed E-state index contributed by atoms with van der Waals surface area (Å²) in [5.41, 5.74) is -0.0250. The van der Waals surface area contributed by atoms with Gasteiger partial charge in [0.1, 0.15) is 17.1 Å². The third-order valence-electron chi connectivity index (χ3n) is 2.63.